The molecule has 0 aliphatic rings. The summed E-state index contributed by atoms with van der Waals surface area (Å²) in [4.78, 5) is 17.0. The number of carbonyl (C=O) groups excluding carboxylic acids is 1. The number of rotatable bonds is 8. The number of hydrogen-bond donors (Lipinski definition) is 1. The SMILES string of the molecule is CCC(C)(CC)C(=O)/C=C(\O)C(C)(CC)CC.Cc1csc2cc3c(cc12)oc1ccnc(-c2[c-]c4ccccc4c(C(C)(C)C)c2)c13.[Ir]. The molecule has 261 valence electrons. The fraction of sp³-hybridized carbons (Fsp3) is 0.395. The second-order valence-corrected chi connectivity index (χ2v) is 15.6. The summed E-state index contributed by atoms with van der Waals surface area (Å²) in [6.45, 7) is 21.0. The first-order valence-electron chi connectivity index (χ1n) is 17.3. The summed E-state index contributed by atoms with van der Waals surface area (Å²) in [6.07, 6.45) is 6.59. The molecular formula is C43H50IrNO3S-. The first-order chi connectivity index (χ1) is 22.7. The summed E-state index contributed by atoms with van der Waals surface area (Å²) in [7, 11) is 0. The van der Waals surface area contributed by atoms with Crippen LogP contribution in [0.15, 0.2) is 76.4 Å². The number of furan rings is 1. The number of ketones is 1. The number of hydrogen-bond acceptors (Lipinski definition) is 5. The number of aromatic nitrogens is 1. The third kappa shape index (κ3) is 7.43. The number of thiophene rings is 1. The third-order valence-corrected chi connectivity index (χ3v) is 11.8. The maximum atomic E-state index is 12.2. The van der Waals surface area contributed by atoms with Gasteiger partial charge in [0.2, 0.25) is 0 Å². The first-order valence-corrected chi connectivity index (χ1v) is 18.2. The molecular weight excluding hydrogens is 803 g/mol. The van der Waals surface area contributed by atoms with E-state index in [1.807, 2.05) is 53.8 Å². The fourth-order valence-electron chi connectivity index (χ4n) is 6.23. The van der Waals surface area contributed by atoms with Gasteiger partial charge in [0, 0.05) is 64.4 Å². The van der Waals surface area contributed by atoms with Crippen LogP contribution in [0.2, 0.25) is 0 Å². The Bertz CT molecular complexity index is 2140. The Balaban J connectivity index is 0.000000260. The zero-order chi connectivity index (χ0) is 35.0. The van der Waals surface area contributed by atoms with Crippen molar-refractivity contribution in [3.05, 3.63) is 89.1 Å². The van der Waals surface area contributed by atoms with Crippen molar-refractivity contribution in [3.63, 3.8) is 0 Å². The number of aryl methyl sites for hydroxylation is 1. The van der Waals surface area contributed by atoms with Crippen LogP contribution in [-0.2, 0) is 30.3 Å². The van der Waals surface area contributed by atoms with Gasteiger partial charge in [0.1, 0.15) is 16.9 Å². The maximum absolute atomic E-state index is 12.2. The number of aliphatic hydroxyl groups is 1. The molecule has 6 heteroatoms. The van der Waals surface area contributed by atoms with Crippen molar-refractivity contribution in [2.75, 3.05) is 0 Å². The molecule has 0 fully saturated rings. The topological polar surface area (TPSA) is 63.3 Å². The zero-order valence-electron chi connectivity index (χ0n) is 30.6. The summed E-state index contributed by atoms with van der Waals surface area (Å²) in [5.41, 5.74) is 5.73. The Labute approximate surface area is 309 Å². The van der Waals surface area contributed by atoms with Gasteiger partial charge in [0.15, 0.2) is 5.78 Å². The molecule has 1 N–H and O–H groups in total. The third-order valence-electron chi connectivity index (χ3n) is 10.7. The molecule has 3 aromatic carbocycles. The van der Waals surface area contributed by atoms with Crippen molar-refractivity contribution in [1.82, 2.24) is 4.98 Å². The van der Waals surface area contributed by atoms with Crippen molar-refractivity contribution < 1.29 is 34.4 Å². The molecule has 0 aliphatic heterocycles. The number of allylic oxidation sites excluding steroid dienone is 2. The number of fused-ring (bicyclic) bond motifs is 5. The minimum atomic E-state index is -0.337. The van der Waals surface area contributed by atoms with Gasteiger partial charge in [-0.1, -0.05) is 91.5 Å². The van der Waals surface area contributed by atoms with Crippen LogP contribution in [0.4, 0.5) is 0 Å². The normalized spacial score (nSPS) is 12.7. The fourth-order valence-corrected chi connectivity index (χ4v) is 7.20. The van der Waals surface area contributed by atoms with Crippen LogP contribution in [0.5, 0.6) is 0 Å². The number of carbonyl (C=O) groups is 1. The molecule has 0 spiro atoms. The van der Waals surface area contributed by atoms with Gasteiger partial charge in [-0.3, -0.25) is 9.78 Å². The largest absolute Gasteiger partial charge is 0.512 e. The van der Waals surface area contributed by atoms with E-state index in [2.05, 4.69) is 81.6 Å². The molecule has 0 saturated heterocycles. The second kappa shape index (κ2) is 14.9. The van der Waals surface area contributed by atoms with Crippen LogP contribution in [0, 0.1) is 23.8 Å². The van der Waals surface area contributed by atoms with Crippen LogP contribution in [0.25, 0.3) is 54.1 Å². The molecule has 3 heterocycles. The molecule has 0 amide bonds. The second-order valence-electron chi connectivity index (χ2n) is 14.7. The molecule has 0 bridgehead atoms. The molecule has 1 radical (unpaired) electrons. The molecule has 4 nitrogen and oxygen atoms in total. The molecule has 49 heavy (non-hydrogen) atoms. The molecule has 0 saturated carbocycles. The molecule has 0 unspecified atom stereocenters. The van der Waals surface area contributed by atoms with Gasteiger partial charge in [-0.15, -0.1) is 40.5 Å². The van der Waals surface area contributed by atoms with Gasteiger partial charge in [0.05, 0.1) is 0 Å². The average molecular weight is 853 g/mol. The Morgan fingerprint density at radius 1 is 0.878 bits per heavy atom. The maximum Gasteiger partial charge on any atom is 0.164 e. The Morgan fingerprint density at radius 2 is 1.53 bits per heavy atom. The minimum Gasteiger partial charge on any atom is -0.512 e. The number of aliphatic hydroxyl groups excluding tert-OH is 1. The molecule has 0 aliphatic carbocycles. The molecule has 0 atom stereocenters. The number of pyridine rings is 1. The standard InChI is InChI=1S/C28H22NOS.C15H28O2.Ir/c1-16-15-31-25-14-21-24(13-20(16)25)30-23-9-10-29-27(26(21)23)18-11-17-7-5-6-8-19(17)22(12-18)28(2,3)4;1-7-14(5,8-2)12(16)11-13(17)15(6,9-3)10-4;/h5-10,12-15H,1-4H3;11,16H,7-10H2,1-6H3;/q-1;;/b;12-11-;. The van der Waals surface area contributed by atoms with E-state index in [1.165, 1.54) is 32.7 Å². The van der Waals surface area contributed by atoms with Crippen LogP contribution >= 0.6 is 11.3 Å². The van der Waals surface area contributed by atoms with E-state index >= 15 is 0 Å². The quantitative estimate of drug-likeness (QED) is 0.0941. The van der Waals surface area contributed by atoms with Gasteiger partial charge in [0.25, 0.3) is 0 Å². The predicted octanol–water partition coefficient (Wildman–Crippen LogP) is 13.1. The summed E-state index contributed by atoms with van der Waals surface area (Å²) in [5, 5.41) is 18.2. The monoisotopic (exact) mass is 853 g/mol. The van der Waals surface area contributed by atoms with Crippen molar-refractivity contribution in [2.24, 2.45) is 10.8 Å². The molecule has 3 aromatic heterocycles. The van der Waals surface area contributed by atoms with E-state index < -0.39 is 0 Å². The van der Waals surface area contributed by atoms with E-state index in [4.69, 9.17) is 9.40 Å². The Hall–Kier alpha value is -3.31. The van der Waals surface area contributed by atoms with E-state index in [0.717, 1.165) is 64.3 Å². The number of nitrogens with zero attached hydrogens (tertiary/aromatic N) is 1. The smallest absolute Gasteiger partial charge is 0.164 e. The minimum absolute atomic E-state index is 0. The van der Waals surface area contributed by atoms with E-state index in [0.29, 0.717) is 0 Å². The number of benzene rings is 3. The summed E-state index contributed by atoms with van der Waals surface area (Å²) < 4.78 is 7.56. The van der Waals surface area contributed by atoms with Crippen molar-refractivity contribution in [3.8, 4) is 11.3 Å². The van der Waals surface area contributed by atoms with Crippen LogP contribution in [0.3, 0.4) is 0 Å². The van der Waals surface area contributed by atoms with Gasteiger partial charge in [-0.2, -0.15) is 0 Å². The van der Waals surface area contributed by atoms with Crippen LogP contribution < -0.4 is 0 Å². The van der Waals surface area contributed by atoms with Crippen molar-refractivity contribution in [1.29, 1.82) is 0 Å². The Morgan fingerprint density at radius 3 is 2.16 bits per heavy atom. The van der Waals surface area contributed by atoms with Gasteiger partial charge < -0.3 is 9.52 Å². The van der Waals surface area contributed by atoms with E-state index in [1.54, 1.807) is 11.3 Å². The van der Waals surface area contributed by atoms with Gasteiger partial charge in [-0.25, -0.2) is 0 Å². The zero-order valence-corrected chi connectivity index (χ0v) is 33.8. The summed E-state index contributed by atoms with van der Waals surface area (Å²) >= 11 is 1.78. The first kappa shape index (κ1) is 38.5. The Kier molecular flexibility index (Phi) is 11.7. The van der Waals surface area contributed by atoms with E-state index in [-0.39, 0.29) is 47.9 Å². The average Bonchev–Trinajstić information content (AvgIpc) is 3.64. The predicted molar refractivity (Wildman–Crippen MR) is 205 cm³/mol. The molecule has 6 aromatic rings. The summed E-state index contributed by atoms with van der Waals surface area (Å²) in [5.74, 6) is 0.286. The van der Waals surface area contributed by atoms with Gasteiger partial charge >= 0.3 is 0 Å². The van der Waals surface area contributed by atoms with E-state index in [9.17, 15) is 9.90 Å². The van der Waals surface area contributed by atoms with Crippen molar-refractivity contribution >= 4 is 59.9 Å². The summed E-state index contributed by atoms with van der Waals surface area (Å²) in [6, 6.07) is 20.8. The van der Waals surface area contributed by atoms with Gasteiger partial charge in [-0.05, 0) is 72.6 Å². The van der Waals surface area contributed by atoms with Crippen LogP contribution in [-0.4, -0.2) is 15.9 Å². The van der Waals surface area contributed by atoms with Crippen molar-refractivity contribution in [2.45, 2.75) is 100 Å². The van der Waals surface area contributed by atoms with Crippen LogP contribution in [0.1, 0.15) is 99.1 Å². The molecule has 6 rings (SSSR count).